The van der Waals surface area contributed by atoms with Crippen molar-refractivity contribution in [2.24, 2.45) is 0 Å². The number of rotatable bonds is 6. The highest BCUT2D eigenvalue weighted by Crippen LogP contribution is 2.19. The molecular formula is C23H30ClN8O2+. The lowest BCUT2D eigenvalue weighted by molar-refractivity contribution is -0.676. The molecule has 10 nitrogen and oxygen atoms in total. The molecule has 3 heterocycles. The standard InChI is InChI=1S/C23H29ClN8O2/c1-3-31-16-7-6-15(23(34)30-10-5-8-26-9-11-30)12-17(16)32(4-2)19(31)14-28-22(33)20-21(25)27-13-18(24)29-20/h6-7,12-13,26H,3-5,8-11,14H2,1-2H3,(H2-,25,27,28,33)/p+1. The molecule has 1 aliphatic rings. The first-order valence-corrected chi connectivity index (χ1v) is 11.9. The van der Waals surface area contributed by atoms with Crippen LogP contribution in [0.5, 0.6) is 0 Å². The van der Waals surface area contributed by atoms with Crippen molar-refractivity contribution in [3.63, 3.8) is 0 Å². The quantitative estimate of drug-likeness (QED) is 0.453. The van der Waals surface area contributed by atoms with Crippen LogP contribution in [0.2, 0.25) is 5.15 Å². The number of benzene rings is 1. The smallest absolute Gasteiger partial charge is 0.277 e. The van der Waals surface area contributed by atoms with Crippen LogP contribution in [0, 0.1) is 0 Å². The van der Waals surface area contributed by atoms with Crippen LogP contribution in [0.4, 0.5) is 5.82 Å². The zero-order valence-corrected chi connectivity index (χ0v) is 20.2. The van der Waals surface area contributed by atoms with Gasteiger partial charge < -0.3 is 21.3 Å². The van der Waals surface area contributed by atoms with Crippen LogP contribution < -0.4 is 20.9 Å². The lowest BCUT2D eigenvalue weighted by Gasteiger charge is -2.19. The van der Waals surface area contributed by atoms with Crippen molar-refractivity contribution in [3.05, 3.63) is 46.6 Å². The molecule has 1 aromatic carbocycles. The SMILES string of the molecule is CCn1c(CNC(=O)c2nc(Cl)cnc2N)[n+](CC)c2ccc(C(=O)N3CCCNCC3)cc21. The number of fused-ring (bicyclic) bond motifs is 1. The summed E-state index contributed by atoms with van der Waals surface area (Å²) in [5.74, 6) is 0.523. The number of nitrogens with one attached hydrogen (secondary N) is 2. The van der Waals surface area contributed by atoms with E-state index in [1.165, 1.54) is 6.20 Å². The maximum absolute atomic E-state index is 13.2. The lowest BCUT2D eigenvalue weighted by Crippen LogP contribution is -2.40. The molecule has 11 heteroatoms. The van der Waals surface area contributed by atoms with Gasteiger partial charge in [0.25, 0.3) is 17.6 Å². The van der Waals surface area contributed by atoms with Gasteiger partial charge in [-0.3, -0.25) is 9.59 Å². The molecule has 1 fully saturated rings. The largest absolute Gasteiger partial charge is 0.382 e. The first-order chi connectivity index (χ1) is 16.4. The number of carbonyl (C=O) groups excluding carboxylic acids is 2. The highest BCUT2D eigenvalue weighted by atomic mass is 35.5. The highest BCUT2D eigenvalue weighted by molar-refractivity contribution is 6.29. The molecule has 0 unspecified atom stereocenters. The number of hydrogen-bond donors (Lipinski definition) is 3. The zero-order valence-electron chi connectivity index (χ0n) is 19.5. The molecule has 4 N–H and O–H groups in total. The number of amides is 2. The number of nitrogens with two attached hydrogens (primary N) is 1. The topological polar surface area (TPSA) is 122 Å². The molecule has 0 saturated carbocycles. The van der Waals surface area contributed by atoms with Crippen LogP contribution in [0.1, 0.15) is 46.9 Å². The van der Waals surface area contributed by atoms with Gasteiger partial charge in [0.05, 0.1) is 19.3 Å². The van der Waals surface area contributed by atoms with E-state index in [0.29, 0.717) is 25.2 Å². The number of aromatic nitrogens is 4. The van der Waals surface area contributed by atoms with E-state index in [-0.39, 0.29) is 29.1 Å². The van der Waals surface area contributed by atoms with Crippen LogP contribution in [0.3, 0.4) is 0 Å². The summed E-state index contributed by atoms with van der Waals surface area (Å²) in [5, 5.41) is 6.32. The van der Waals surface area contributed by atoms with Gasteiger partial charge in [0.1, 0.15) is 11.7 Å². The van der Waals surface area contributed by atoms with Gasteiger partial charge >= 0.3 is 0 Å². The Morgan fingerprint density at radius 1 is 1.26 bits per heavy atom. The van der Waals surface area contributed by atoms with Gasteiger partial charge in [0, 0.05) is 31.3 Å². The second-order valence-electron chi connectivity index (χ2n) is 8.11. The van der Waals surface area contributed by atoms with E-state index in [1.54, 1.807) is 0 Å². The highest BCUT2D eigenvalue weighted by Gasteiger charge is 2.26. The van der Waals surface area contributed by atoms with Crippen molar-refractivity contribution in [3.8, 4) is 0 Å². The zero-order chi connectivity index (χ0) is 24.2. The maximum atomic E-state index is 13.2. The molecule has 34 heavy (non-hydrogen) atoms. The van der Waals surface area contributed by atoms with E-state index < -0.39 is 5.91 Å². The summed E-state index contributed by atoms with van der Waals surface area (Å²) >= 11 is 5.88. The number of carbonyl (C=O) groups is 2. The Balaban J connectivity index is 1.64. The van der Waals surface area contributed by atoms with Gasteiger partial charge in [-0.1, -0.05) is 11.6 Å². The third-order valence-corrected chi connectivity index (χ3v) is 6.26. The molecule has 0 spiro atoms. The van der Waals surface area contributed by atoms with Gasteiger partial charge in [-0.05, 0) is 38.9 Å². The third-order valence-electron chi connectivity index (χ3n) is 6.08. The van der Waals surface area contributed by atoms with Crippen LogP contribution in [0.15, 0.2) is 24.4 Å². The molecule has 1 saturated heterocycles. The maximum Gasteiger partial charge on any atom is 0.277 e. The number of aryl methyl sites for hydroxylation is 2. The van der Waals surface area contributed by atoms with Gasteiger partial charge in [-0.15, -0.1) is 0 Å². The minimum atomic E-state index is -0.450. The van der Waals surface area contributed by atoms with Crippen LogP contribution in [-0.2, 0) is 19.6 Å². The average Bonchev–Trinajstić information content (AvgIpc) is 2.97. The predicted octanol–water partition coefficient (Wildman–Crippen LogP) is 1.36. The minimum absolute atomic E-state index is 0.00506. The van der Waals surface area contributed by atoms with Crippen molar-refractivity contribution >= 4 is 40.3 Å². The monoisotopic (exact) mass is 485 g/mol. The molecule has 180 valence electrons. The summed E-state index contributed by atoms with van der Waals surface area (Å²) < 4.78 is 4.25. The molecule has 1 aliphatic heterocycles. The third kappa shape index (κ3) is 4.69. The van der Waals surface area contributed by atoms with E-state index in [0.717, 1.165) is 42.9 Å². The van der Waals surface area contributed by atoms with Crippen molar-refractivity contribution in [2.75, 3.05) is 31.9 Å². The molecule has 2 aromatic heterocycles. The Morgan fingerprint density at radius 2 is 2.09 bits per heavy atom. The van der Waals surface area contributed by atoms with Crippen molar-refractivity contribution in [1.82, 2.24) is 30.1 Å². The number of nitrogens with zero attached hydrogens (tertiary/aromatic N) is 5. The fraction of sp³-hybridized carbons (Fsp3) is 0.435. The van der Waals surface area contributed by atoms with Crippen LogP contribution in [0.25, 0.3) is 11.0 Å². The summed E-state index contributed by atoms with van der Waals surface area (Å²) in [5.41, 5.74) is 8.43. The summed E-state index contributed by atoms with van der Waals surface area (Å²) in [6.07, 6.45) is 2.25. The second-order valence-corrected chi connectivity index (χ2v) is 8.50. The van der Waals surface area contributed by atoms with E-state index >= 15 is 0 Å². The second kappa shape index (κ2) is 10.4. The minimum Gasteiger partial charge on any atom is -0.382 e. The van der Waals surface area contributed by atoms with Crippen molar-refractivity contribution in [2.45, 2.75) is 39.9 Å². The summed E-state index contributed by atoms with van der Waals surface area (Å²) in [4.78, 5) is 35.7. The fourth-order valence-electron chi connectivity index (χ4n) is 4.44. The Hall–Kier alpha value is -3.24. The first kappa shape index (κ1) is 23.9. The normalized spacial score (nSPS) is 14.3. The summed E-state index contributed by atoms with van der Waals surface area (Å²) in [6, 6.07) is 5.83. The lowest BCUT2D eigenvalue weighted by atomic mass is 10.1. The Morgan fingerprint density at radius 3 is 2.85 bits per heavy atom. The van der Waals surface area contributed by atoms with E-state index in [4.69, 9.17) is 17.3 Å². The predicted molar refractivity (Wildman–Crippen MR) is 129 cm³/mol. The number of halogens is 1. The van der Waals surface area contributed by atoms with Crippen molar-refractivity contribution < 1.29 is 14.2 Å². The Labute approximate surface area is 203 Å². The number of imidazole rings is 1. The van der Waals surface area contributed by atoms with Gasteiger partial charge in [0.15, 0.2) is 22.5 Å². The summed E-state index contributed by atoms with van der Waals surface area (Å²) in [7, 11) is 0. The molecule has 0 bridgehead atoms. The van der Waals surface area contributed by atoms with Crippen LogP contribution >= 0.6 is 11.6 Å². The molecule has 0 radical (unpaired) electrons. The average molecular weight is 486 g/mol. The summed E-state index contributed by atoms with van der Waals surface area (Å²) in [6.45, 7) is 8.92. The Bertz CT molecular complexity index is 1220. The van der Waals surface area contributed by atoms with E-state index in [1.807, 2.05) is 30.0 Å². The molecule has 3 aromatic rings. The van der Waals surface area contributed by atoms with Gasteiger partial charge in [-0.25, -0.2) is 19.1 Å². The molecule has 0 aliphatic carbocycles. The van der Waals surface area contributed by atoms with Gasteiger partial charge in [0.2, 0.25) is 0 Å². The molecular weight excluding hydrogens is 456 g/mol. The van der Waals surface area contributed by atoms with Crippen LogP contribution in [-0.4, -0.2) is 57.4 Å². The molecule has 2 amide bonds. The molecule has 0 atom stereocenters. The van der Waals surface area contributed by atoms with E-state index in [9.17, 15) is 9.59 Å². The van der Waals surface area contributed by atoms with Crippen molar-refractivity contribution in [1.29, 1.82) is 0 Å². The molecule has 4 rings (SSSR count). The van der Waals surface area contributed by atoms with Gasteiger partial charge in [-0.2, -0.15) is 0 Å². The fourth-order valence-corrected chi connectivity index (χ4v) is 4.57. The number of anilines is 1. The number of nitrogen functional groups attached to an aromatic ring is 1. The first-order valence-electron chi connectivity index (χ1n) is 11.6. The Kier molecular flexibility index (Phi) is 7.28. The van der Waals surface area contributed by atoms with E-state index in [2.05, 4.69) is 36.7 Å². The number of hydrogen-bond acceptors (Lipinski definition) is 6.